The molecule has 1 aromatic heterocycles. The number of pyridine rings is 1. The van der Waals surface area contributed by atoms with Crippen LogP contribution in [-0.2, 0) is 6.54 Å². The molecule has 1 aromatic rings. The molecule has 0 radical (unpaired) electrons. The molecular weight excluding hydrogens is 198 g/mol. The molecule has 1 heterocycles. The van der Waals surface area contributed by atoms with E-state index in [9.17, 15) is 0 Å². The highest BCUT2D eigenvalue weighted by molar-refractivity contribution is 5.09. The molecule has 90 valence electrons. The Hall–Kier alpha value is -0.930. The molecule has 0 saturated heterocycles. The molecule has 1 rings (SSSR count). The molecule has 0 saturated carbocycles. The molecule has 3 heteroatoms. The van der Waals surface area contributed by atoms with Crippen molar-refractivity contribution in [3.8, 4) is 0 Å². The van der Waals surface area contributed by atoms with Crippen LogP contribution < -0.4 is 5.73 Å². The molecule has 0 spiro atoms. The predicted octanol–water partition coefficient (Wildman–Crippen LogP) is 1.89. The zero-order chi connectivity index (χ0) is 11.8. The Kier molecular flexibility index (Phi) is 6.04. The van der Waals surface area contributed by atoms with Crippen LogP contribution in [0.5, 0.6) is 0 Å². The predicted molar refractivity (Wildman–Crippen MR) is 68.0 cm³/mol. The molecule has 1 unspecified atom stereocenters. The van der Waals surface area contributed by atoms with Crippen molar-refractivity contribution < 1.29 is 0 Å². The summed E-state index contributed by atoms with van der Waals surface area (Å²) in [6.07, 6.45) is 6.06. The van der Waals surface area contributed by atoms with Gasteiger partial charge in [-0.15, -0.1) is 0 Å². The summed E-state index contributed by atoms with van der Waals surface area (Å²) in [6, 6.07) is 4.13. The van der Waals surface area contributed by atoms with Gasteiger partial charge < -0.3 is 10.6 Å². The fraction of sp³-hybridized carbons (Fsp3) is 0.615. The van der Waals surface area contributed by atoms with E-state index in [4.69, 9.17) is 5.73 Å². The number of hydrogen-bond acceptors (Lipinski definition) is 3. The highest BCUT2D eigenvalue weighted by Crippen LogP contribution is 2.08. The highest BCUT2D eigenvalue weighted by atomic mass is 15.1. The monoisotopic (exact) mass is 221 g/mol. The molecule has 2 N–H and O–H groups in total. The zero-order valence-electron chi connectivity index (χ0n) is 10.4. The van der Waals surface area contributed by atoms with Gasteiger partial charge in [-0.1, -0.05) is 13.3 Å². The molecule has 0 amide bonds. The first-order valence-electron chi connectivity index (χ1n) is 6.03. The van der Waals surface area contributed by atoms with E-state index < -0.39 is 0 Å². The summed E-state index contributed by atoms with van der Waals surface area (Å²) in [5, 5.41) is 0. The first-order valence-corrected chi connectivity index (χ1v) is 6.03. The number of rotatable bonds is 7. The van der Waals surface area contributed by atoms with E-state index in [1.807, 2.05) is 12.4 Å². The molecule has 0 aromatic carbocycles. The lowest BCUT2D eigenvalue weighted by Crippen LogP contribution is -2.24. The maximum absolute atomic E-state index is 5.70. The minimum atomic E-state index is 0.667. The van der Waals surface area contributed by atoms with Gasteiger partial charge >= 0.3 is 0 Å². The lowest BCUT2D eigenvalue weighted by molar-refractivity contribution is 0.292. The first-order chi connectivity index (χ1) is 7.76. The van der Waals surface area contributed by atoms with Crippen molar-refractivity contribution in [1.29, 1.82) is 0 Å². The Morgan fingerprint density at radius 1 is 1.38 bits per heavy atom. The van der Waals surface area contributed by atoms with Crippen LogP contribution in [0.3, 0.4) is 0 Å². The van der Waals surface area contributed by atoms with Crippen molar-refractivity contribution in [3.63, 3.8) is 0 Å². The van der Waals surface area contributed by atoms with Crippen LogP contribution in [0.4, 0.5) is 0 Å². The third-order valence-corrected chi connectivity index (χ3v) is 3.03. The molecule has 16 heavy (non-hydrogen) atoms. The van der Waals surface area contributed by atoms with Gasteiger partial charge in [-0.25, -0.2) is 0 Å². The second-order valence-electron chi connectivity index (χ2n) is 4.39. The fourth-order valence-corrected chi connectivity index (χ4v) is 1.77. The second kappa shape index (κ2) is 7.36. The van der Waals surface area contributed by atoms with Crippen molar-refractivity contribution >= 4 is 0 Å². The summed E-state index contributed by atoms with van der Waals surface area (Å²) >= 11 is 0. The lowest BCUT2D eigenvalue weighted by atomic mass is 10.0. The third kappa shape index (κ3) is 4.73. The van der Waals surface area contributed by atoms with Gasteiger partial charge in [0.2, 0.25) is 0 Å². The van der Waals surface area contributed by atoms with E-state index in [2.05, 4.69) is 36.0 Å². The molecular formula is C13H23N3. The molecule has 1 atom stereocenters. The van der Waals surface area contributed by atoms with Crippen LogP contribution in [0.1, 0.15) is 25.3 Å². The Morgan fingerprint density at radius 3 is 2.62 bits per heavy atom. The van der Waals surface area contributed by atoms with Crippen LogP contribution in [0.25, 0.3) is 0 Å². The molecule has 0 bridgehead atoms. The van der Waals surface area contributed by atoms with E-state index >= 15 is 0 Å². The summed E-state index contributed by atoms with van der Waals surface area (Å²) in [5.41, 5.74) is 7.01. The standard InChI is InChI=1S/C13H23N3/c1-3-12(10-14)6-9-16(2)11-13-4-7-15-8-5-13/h4-5,7-8,12H,3,6,9-11,14H2,1-2H3. The minimum Gasteiger partial charge on any atom is -0.330 e. The fourth-order valence-electron chi connectivity index (χ4n) is 1.77. The maximum Gasteiger partial charge on any atom is 0.0271 e. The van der Waals surface area contributed by atoms with Gasteiger partial charge in [0, 0.05) is 18.9 Å². The summed E-state index contributed by atoms with van der Waals surface area (Å²) in [4.78, 5) is 6.36. The summed E-state index contributed by atoms with van der Waals surface area (Å²) in [5.74, 6) is 0.667. The van der Waals surface area contributed by atoms with Gasteiger partial charge in [0.1, 0.15) is 0 Å². The van der Waals surface area contributed by atoms with Gasteiger partial charge in [-0.3, -0.25) is 4.98 Å². The summed E-state index contributed by atoms with van der Waals surface area (Å²) in [6.45, 7) is 5.11. The Morgan fingerprint density at radius 2 is 2.06 bits per heavy atom. The Labute approximate surface area is 98.7 Å². The van der Waals surface area contributed by atoms with Crippen molar-refractivity contribution in [2.45, 2.75) is 26.3 Å². The molecule has 0 aliphatic carbocycles. The normalized spacial score (nSPS) is 13.0. The van der Waals surface area contributed by atoms with Crippen molar-refractivity contribution in [2.75, 3.05) is 20.1 Å². The highest BCUT2D eigenvalue weighted by Gasteiger charge is 2.06. The van der Waals surface area contributed by atoms with Gasteiger partial charge in [-0.05, 0) is 50.2 Å². The van der Waals surface area contributed by atoms with Crippen molar-refractivity contribution in [2.24, 2.45) is 11.7 Å². The molecule has 3 nitrogen and oxygen atoms in total. The smallest absolute Gasteiger partial charge is 0.0271 e. The van der Waals surface area contributed by atoms with Gasteiger partial charge in [-0.2, -0.15) is 0 Å². The number of hydrogen-bond donors (Lipinski definition) is 1. The second-order valence-corrected chi connectivity index (χ2v) is 4.39. The molecule has 0 fully saturated rings. The topological polar surface area (TPSA) is 42.1 Å². The maximum atomic E-state index is 5.70. The summed E-state index contributed by atoms with van der Waals surface area (Å²) < 4.78 is 0. The van der Waals surface area contributed by atoms with Crippen molar-refractivity contribution in [3.05, 3.63) is 30.1 Å². The Balaban J connectivity index is 2.28. The number of nitrogens with two attached hydrogens (primary N) is 1. The lowest BCUT2D eigenvalue weighted by Gasteiger charge is -2.19. The van der Waals surface area contributed by atoms with Gasteiger partial charge in [0.25, 0.3) is 0 Å². The minimum absolute atomic E-state index is 0.667. The van der Waals surface area contributed by atoms with E-state index in [1.165, 1.54) is 18.4 Å². The first kappa shape index (κ1) is 13.1. The number of nitrogens with zero attached hydrogens (tertiary/aromatic N) is 2. The average Bonchev–Trinajstić information content (AvgIpc) is 2.31. The van der Waals surface area contributed by atoms with E-state index in [1.54, 1.807) is 0 Å². The average molecular weight is 221 g/mol. The molecule has 0 aliphatic rings. The van der Waals surface area contributed by atoms with E-state index in [0.717, 1.165) is 19.6 Å². The van der Waals surface area contributed by atoms with Crippen LogP contribution in [0.2, 0.25) is 0 Å². The largest absolute Gasteiger partial charge is 0.330 e. The van der Waals surface area contributed by atoms with E-state index in [0.29, 0.717) is 5.92 Å². The van der Waals surface area contributed by atoms with Gasteiger partial charge in [0.05, 0.1) is 0 Å². The summed E-state index contributed by atoms with van der Waals surface area (Å²) in [7, 11) is 2.16. The molecule has 0 aliphatic heterocycles. The van der Waals surface area contributed by atoms with Crippen LogP contribution >= 0.6 is 0 Å². The van der Waals surface area contributed by atoms with Crippen LogP contribution in [0, 0.1) is 5.92 Å². The zero-order valence-corrected chi connectivity index (χ0v) is 10.4. The van der Waals surface area contributed by atoms with Crippen LogP contribution in [-0.4, -0.2) is 30.0 Å². The van der Waals surface area contributed by atoms with E-state index in [-0.39, 0.29) is 0 Å². The third-order valence-electron chi connectivity index (χ3n) is 3.03. The quantitative estimate of drug-likeness (QED) is 0.764. The van der Waals surface area contributed by atoms with Crippen LogP contribution in [0.15, 0.2) is 24.5 Å². The number of aromatic nitrogens is 1. The van der Waals surface area contributed by atoms with Gasteiger partial charge in [0.15, 0.2) is 0 Å². The van der Waals surface area contributed by atoms with Crippen molar-refractivity contribution in [1.82, 2.24) is 9.88 Å². The Bertz CT molecular complexity index is 270. The SMILES string of the molecule is CCC(CN)CCN(C)Cc1ccncc1.